The molecule has 2 fully saturated rings. The molecule has 6 heteroatoms. The Hall–Kier alpha value is -2.37. The minimum absolute atomic E-state index is 0.0399. The van der Waals surface area contributed by atoms with Crippen LogP contribution in [0.15, 0.2) is 30.3 Å². The molecule has 0 aromatic heterocycles. The summed E-state index contributed by atoms with van der Waals surface area (Å²) in [5.41, 5.74) is 1.18. The van der Waals surface area contributed by atoms with Crippen LogP contribution in [0, 0.1) is 11.8 Å². The number of nitrogens with one attached hydrogen (secondary N) is 1. The van der Waals surface area contributed by atoms with Crippen LogP contribution in [0.4, 0.5) is 0 Å². The van der Waals surface area contributed by atoms with Crippen LogP contribution in [0.5, 0.6) is 0 Å². The highest BCUT2D eigenvalue weighted by Crippen LogP contribution is 2.33. The third-order valence-electron chi connectivity index (χ3n) is 6.41. The molecular formula is C24H35N3O3. The average molecular weight is 414 g/mol. The number of rotatable bonds is 7. The predicted octanol–water partition coefficient (Wildman–Crippen LogP) is 2.97. The molecule has 0 spiro atoms. The maximum absolute atomic E-state index is 13.5. The summed E-state index contributed by atoms with van der Waals surface area (Å²) < 4.78 is 0. The van der Waals surface area contributed by atoms with Gasteiger partial charge in [0.15, 0.2) is 0 Å². The van der Waals surface area contributed by atoms with Crippen molar-refractivity contribution in [2.45, 2.75) is 71.4 Å². The van der Waals surface area contributed by atoms with Gasteiger partial charge < -0.3 is 15.1 Å². The van der Waals surface area contributed by atoms with Gasteiger partial charge in [-0.3, -0.25) is 14.4 Å². The van der Waals surface area contributed by atoms with E-state index >= 15 is 0 Å². The Morgan fingerprint density at radius 3 is 2.37 bits per heavy atom. The summed E-state index contributed by atoms with van der Waals surface area (Å²) in [7, 11) is 0. The van der Waals surface area contributed by atoms with E-state index in [1.807, 2.05) is 36.9 Å². The topological polar surface area (TPSA) is 69.7 Å². The molecule has 1 aromatic rings. The van der Waals surface area contributed by atoms with E-state index in [-0.39, 0.29) is 29.6 Å². The zero-order valence-electron chi connectivity index (χ0n) is 18.5. The SMILES string of the molecule is CC(=O)N[C@@H](C(=O)N1CN(CCc2ccccc2)C(=O)[C@H]1C1CCCCC1)C(C)C. The third-order valence-corrected chi connectivity index (χ3v) is 6.41. The summed E-state index contributed by atoms with van der Waals surface area (Å²) in [4.78, 5) is 42.1. The first kappa shape index (κ1) is 22.3. The first-order valence-electron chi connectivity index (χ1n) is 11.3. The predicted molar refractivity (Wildman–Crippen MR) is 116 cm³/mol. The Bertz CT molecular complexity index is 743. The largest absolute Gasteiger partial charge is 0.344 e. The van der Waals surface area contributed by atoms with Gasteiger partial charge in [-0.1, -0.05) is 63.4 Å². The van der Waals surface area contributed by atoms with Crippen molar-refractivity contribution in [3.63, 3.8) is 0 Å². The molecule has 30 heavy (non-hydrogen) atoms. The Labute approximate surface area is 180 Å². The molecule has 1 N–H and O–H groups in total. The van der Waals surface area contributed by atoms with Crippen LogP contribution in [0.1, 0.15) is 58.4 Å². The molecule has 0 bridgehead atoms. The smallest absolute Gasteiger partial charge is 0.247 e. The van der Waals surface area contributed by atoms with Gasteiger partial charge in [-0.15, -0.1) is 0 Å². The van der Waals surface area contributed by atoms with E-state index in [0.29, 0.717) is 13.2 Å². The van der Waals surface area contributed by atoms with Gasteiger partial charge >= 0.3 is 0 Å². The van der Waals surface area contributed by atoms with Gasteiger partial charge in [0, 0.05) is 13.5 Å². The molecule has 1 saturated heterocycles. The standard InChI is InChI=1S/C24H35N3O3/c1-17(2)21(25-18(3)28)23(29)27-16-26(15-14-19-10-6-4-7-11-19)24(30)22(27)20-12-8-5-9-13-20/h4,6-7,10-11,17,20-22H,5,8-9,12-16H2,1-3H3,(H,25,28)/t21-,22-/m1/s1. The lowest BCUT2D eigenvalue weighted by Gasteiger charge is -2.34. The summed E-state index contributed by atoms with van der Waals surface area (Å²) in [5, 5.41) is 2.81. The number of carbonyl (C=O) groups is 3. The molecular weight excluding hydrogens is 378 g/mol. The van der Waals surface area contributed by atoms with Gasteiger partial charge in [0.05, 0.1) is 6.67 Å². The van der Waals surface area contributed by atoms with Gasteiger partial charge in [-0.05, 0) is 36.7 Å². The van der Waals surface area contributed by atoms with E-state index in [1.165, 1.54) is 18.9 Å². The van der Waals surface area contributed by atoms with Crippen molar-refractivity contribution in [3.8, 4) is 0 Å². The van der Waals surface area contributed by atoms with Gasteiger partial charge in [0.2, 0.25) is 17.7 Å². The molecule has 1 saturated carbocycles. The lowest BCUT2D eigenvalue weighted by atomic mass is 9.83. The van der Waals surface area contributed by atoms with Crippen molar-refractivity contribution < 1.29 is 14.4 Å². The highest BCUT2D eigenvalue weighted by Gasteiger charge is 2.47. The molecule has 0 radical (unpaired) electrons. The van der Waals surface area contributed by atoms with E-state index in [9.17, 15) is 14.4 Å². The van der Waals surface area contributed by atoms with Crippen molar-refractivity contribution in [1.29, 1.82) is 0 Å². The molecule has 3 rings (SSSR count). The van der Waals surface area contributed by atoms with Crippen molar-refractivity contribution in [2.24, 2.45) is 11.8 Å². The van der Waals surface area contributed by atoms with Crippen molar-refractivity contribution in [1.82, 2.24) is 15.1 Å². The fourth-order valence-corrected chi connectivity index (χ4v) is 4.78. The van der Waals surface area contributed by atoms with Crippen molar-refractivity contribution in [2.75, 3.05) is 13.2 Å². The third kappa shape index (κ3) is 5.21. The van der Waals surface area contributed by atoms with Gasteiger partial charge in [0.25, 0.3) is 0 Å². The lowest BCUT2D eigenvalue weighted by molar-refractivity contribution is -0.141. The molecule has 2 atom stereocenters. The second-order valence-electron chi connectivity index (χ2n) is 9.05. The second-order valence-corrected chi connectivity index (χ2v) is 9.05. The number of hydrogen-bond acceptors (Lipinski definition) is 3. The van der Waals surface area contributed by atoms with Crippen LogP contribution < -0.4 is 5.32 Å². The normalized spacial score (nSPS) is 21.2. The molecule has 0 unspecified atom stereocenters. The van der Waals surface area contributed by atoms with E-state index in [1.54, 1.807) is 4.90 Å². The Kier molecular flexibility index (Phi) is 7.51. The van der Waals surface area contributed by atoms with Crippen LogP contribution in [-0.2, 0) is 20.8 Å². The second kappa shape index (κ2) is 10.1. The van der Waals surface area contributed by atoms with Crippen LogP contribution in [-0.4, -0.2) is 52.8 Å². The maximum atomic E-state index is 13.5. The molecule has 6 nitrogen and oxygen atoms in total. The summed E-state index contributed by atoms with van der Waals surface area (Å²) in [5.74, 6) is -0.116. The summed E-state index contributed by atoms with van der Waals surface area (Å²) in [6.07, 6.45) is 6.16. The number of benzene rings is 1. The van der Waals surface area contributed by atoms with Gasteiger partial charge in [0.1, 0.15) is 12.1 Å². The summed E-state index contributed by atoms with van der Waals surface area (Å²) in [6.45, 7) is 6.21. The number of carbonyl (C=O) groups excluding carboxylic acids is 3. The van der Waals surface area contributed by atoms with E-state index in [4.69, 9.17) is 0 Å². The minimum atomic E-state index is -0.601. The van der Waals surface area contributed by atoms with Crippen LogP contribution in [0.25, 0.3) is 0 Å². The Morgan fingerprint density at radius 1 is 1.10 bits per heavy atom. The number of amides is 3. The monoisotopic (exact) mass is 413 g/mol. The van der Waals surface area contributed by atoms with Crippen molar-refractivity contribution >= 4 is 17.7 Å². The highest BCUT2D eigenvalue weighted by atomic mass is 16.2. The van der Waals surface area contributed by atoms with Gasteiger partial charge in [-0.25, -0.2) is 0 Å². The van der Waals surface area contributed by atoms with E-state index in [2.05, 4.69) is 17.4 Å². The fourth-order valence-electron chi connectivity index (χ4n) is 4.78. The first-order chi connectivity index (χ1) is 14.4. The molecule has 1 aromatic carbocycles. The van der Waals surface area contributed by atoms with Crippen LogP contribution in [0.2, 0.25) is 0 Å². The molecule has 3 amide bonds. The average Bonchev–Trinajstić information content (AvgIpc) is 3.07. The molecule has 164 valence electrons. The number of nitrogens with zero attached hydrogens (tertiary/aromatic N) is 2. The van der Waals surface area contributed by atoms with Crippen LogP contribution in [0.3, 0.4) is 0 Å². The van der Waals surface area contributed by atoms with Crippen LogP contribution >= 0.6 is 0 Å². The zero-order chi connectivity index (χ0) is 21.7. The summed E-state index contributed by atoms with van der Waals surface area (Å²) in [6, 6.07) is 9.11. The molecule has 1 heterocycles. The number of hydrogen-bond donors (Lipinski definition) is 1. The first-order valence-corrected chi connectivity index (χ1v) is 11.3. The van der Waals surface area contributed by atoms with E-state index in [0.717, 1.165) is 32.1 Å². The van der Waals surface area contributed by atoms with E-state index < -0.39 is 12.1 Å². The highest BCUT2D eigenvalue weighted by molar-refractivity contribution is 5.94. The fraction of sp³-hybridized carbons (Fsp3) is 0.625. The quantitative estimate of drug-likeness (QED) is 0.747. The zero-order valence-corrected chi connectivity index (χ0v) is 18.5. The van der Waals surface area contributed by atoms with Crippen molar-refractivity contribution in [3.05, 3.63) is 35.9 Å². The lowest BCUT2D eigenvalue weighted by Crippen LogP contribution is -2.54. The van der Waals surface area contributed by atoms with Gasteiger partial charge in [-0.2, -0.15) is 0 Å². The Balaban J connectivity index is 1.79. The molecule has 2 aliphatic rings. The minimum Gasteiger partial charge on any atom is -0.344 e. The molecule has 1 aliphatic carbocycles. The maximum Gasteiger partial charge on any atom is 0.247 e. The molecule has 1 aliphatic heterocycles. The summed E-state index contributed by atoms with van der Waals surface area (Å²) >= 11 is 0. The Morgan fingerprint density at radius 2 is 1.77 bits per heavy atom.